The van der Waals surface area contributed by atoms with Crippen molar-refractivity contribution in [1.82, 2.24) is 0 Å². The smallest absolute Gasteiger partial charge is 0.231 e. The molecular weight excluding hydrogens is 278 g/mol. The highest BCUT2D eigenvalue weighted by Crippen LogP contribution is 2.33. The molecule has 0 saturated heterocycles. The van der Waals surface area contributed by atoms with Gasteiger partial charge in [-0.25, -0.2) is 0 Å². The van der Waals surface area contributed by atoms with Crippen LogP contribution in [-0.2, 0) is 11.4 Å². The van der Waals surface area contributed by atoms with Crippen LogP contribution in [0.25, 0.3) is 0 Å². The Morgan fingerprint density at radius 2 is 2.15 bits per heavy atom. The number of fused-ring (bicyclic) bond motifs is 1. The second kappa shape index (κ2) is 5.75. The minimum atomic E-state index is 0.281. The number of ether oxygens (including phenoxy) is 2. The molecule has 1 aromatic rings. The van der Waals surface area contributed by atoms with Crippen LogP contribution in [0.2, 0.25) is 0 Å². The van der Waals surface area contributed by atoms with Gasteiger partial charge in [-0.2, -0.15) is 0 Å². The summed E-state index contributed by atoms with van der Waals surface area (Å²) in [6, 6.07) is 5.74. The van der Waals surface area contributed by atoms with Crippen molar-refractivity contribution in [2.75, 3.05) is 6.79 Å². The largest absolute Gasteiger partial charge is 0.454 e. The van der Waals surface area contributed by atoms with Crippen molar-refractivity contribution in [3.63, 3.8) is 0 Å². The molecular formula is C15H16ClNO3. The quantitative estimate of drug-likeness (QED) is 0.622. The molecule has 0 unspecified atom stereocenters. The average Bonchev–Trinajstić information content (AvgIpc) is 3.06. The van der Waals surface area contributed by atoms with E-state index >= 15 is 0 Å². The fourth-order valence-corrected chi connectivity index (χ4v) is 2.74. The van der Waals surface area contributed by atoms with E-state index in [-0.39, 0.29) is 6.79 Å². The van der Waals surface area contributed by atoms with Gasteiger partial charge in [-0.15, -0.1) is 0 Å². The van der Waals surface area contributed by atoms with Crippen LogP contribution in [0.15, 0.2) is 34.0 Å². The van der Waals surface area contributed by atoms with E-state index in [9.17, 15) is 0 Å². The van der Waals surface area contributed by atoms with Crippen molar-refractivity contribution in [1.29, 1.82) is 0 Å². The SMILES string of the molecule is C/C(=N/OCc1ccc2c(c1)OCO2)C1=C(Cl)CCC1. The number of benzene rings is 1. The predicted octanol–water partition coefficient (Wildman–Crippen LogP) is 3.98. The number of nitrogens with zero attached hydrogens (tertiary/aromatic N) is 1. The van der Waals surface area contributed by atoms with Crippen molar-refractivity contribution < 1.29 is 14.3 Å². The Morgan fingerprint density at radius 3 is 2.95 bits per heavy atom. The minimum absolute atomic E-state index is 0.281. The summed E-state index contributed by atoms with van der Waals surface area (Å²) in [6.45, 7) is 2.62. The third-order valence-corrected chi connectivity index (χ3v) is 3.87. The summed E-state index contributed by atoms with van der Waals surface area (Å²) < 4.78 is 10.6. The molecule has 0 radical (unpaired) electrons. The zero-order valence-electron chi connectivity index (χ0n) is 11.3. The molecule has 0 spiro atoms. The third-order valence-electron chi connectivity index (χ3n) is 3.46. The second-order valence-electron chi connectivity index (χ2n) is 4.87. The Labute approximate surface area is 123 Å². The molecule has 20 heavy (non-hydrogen) atoms. The normalized spacial score (nSPS) is 17.8. The molecule has 2 aliphatic rings. The maximum Gasteiger partial charge on any atom is 0.231 e. The lowest BCUT2D eigenvalue weighted by molar-refractivity contribution is 0.130. The zero-order chi connectivity index (χ0) is 13.9. The van der Waals surface area contributed by atoms with E-state index in [0.29, 0.717) is 6.61 Å². The second-order valence-corrected chi connectivity index (χ2v) is 5.33. The van der Waals surface area contributed by atoms with Crippen LogP contribution in [0.3, 0.4) is 0 Å². The van der Waals surface area contributed by atoms with Gasteiger partial charge in [-0.1, -0.05) is 22.8 Å². The highest BCUT2D eigenvalue weighted by atomic mass is 35.5. The van der Waals surface area contributed by atoms with Crippen molar-refractivity contribution in [2.45, 2.75) is 32.8 Å². The van der Waals surface area contributed by atoms with Crippen molar-refractivity contribution >= 4 is 17.3 Å². The molecule has 0 fully saturated rings. The van der Waals surface area contributed by atoms with Gasteiger partial charge in [0.2, 0.25) is 6.79 Å². The van der Waals surface area contributed by atoms with E-state index in [1.165, 1.54) is 0 Å². The van der Waals surface area contributed by atoms with E-state index in [0.717, 1.165) is 52.6 Å². The van der Waals surface area contributed by atoms with Crippen LogP contribution < -0.4 is 9.47 Å². The molecule has 0 amide bonds. The van der Waals surface area contributed by atoms with Crippen molar-refractivity contribution in [2.24, 2.45) is 5.16 Å². The van der Waals surface area contributed by atoms with E-state index in [1.807, 2.05) is 25.1 Å². The summed E-state index contributed by atoms with van der Waals surface area (Å²) >= 11 is 6.15. The lowest BCUT2D eigenvalue weighted by Crippen LogP contribution is -1.98. The average molecular weight is 294 g/mol. The first-order valence-electron chi connectivity index (χ1n) is 6.67. The van der Waals surface area contributed by atoms with E-state index < -0.39 is 0 Å². The number of oxime groups is 1. The molecule has 0 N–H and O–H groups in total. The van der Waals surface area contributed by atoms with Gasteiger partial charge >= 0.3 is 0 Å². The molecule has 3 rings (SSSR count). The van der Waals surface area contributed by atoms with Crippen molar-refractivity contribution in [3.8, 4) is 11.5 Å². The van der Waals surface area contributed by atoms with Gasteiger partial charge in [0.25, 0.3) is 0 Å². The Balaban J connectivity index is 1.61. The van der Waals surface area contributed by atoms with Crippen LogP contribution >= 0.6 is 11.6 Å². The first-order valence-corrected chi connectivity index (χ1v) is 7.05. The molecule has 0 atom stereocenters. The van der Waals surface area contributed by atoms with Crippen molar-refractivity contribution in [3.05, 3.63) is 34.4 Å². The van der Waals surface area contributed by atoms with Gasteiger partial charge in [-0.3, -0.25) is 0 Å². The molecule has 1 aliphatic heterocycles. The molecule has 4 nitrogen and oxygen atoms in total. The summed E-state index contributed by atoms with van der Waals surface area (Å²) in [5.41, 5.74) is 2.99. The maximum atomic E-state index is 6.15. The first kappa shape index (κ1) is 13.3. The summed E-state index contributed by atoms with van der Waals surface area (Å²) in [6.07, 6.45) is 3.04. The summed E-state index contributed by atoms with van der Waals surface area (Å²) in [5, 5.41) is 5.06. The fourth-order valence-electron chi connectivity index (χ4n) is 2.37. The molecule has 106 valence electrons. The number of rotatable bonds is 4. The van der Waals surface area contributed by atoms with Gasteiger partial charge in [0.05, 0.1) is 5.71 Å². The highest BCUT2D eigenvalue weighted by molar-refractivity contribution is 6.32. The Kier molecular flexibility index (Phi) is 3.83. The Hall–Kier alpha value is -1.68. The van der Waals surface area contributed by atoms with Crippen LogP contribution in [0.1, 0.15) is 31.7 Å². The van der Waals surface area contributed by atoms with Gasteiger partial charge in [0.15, 0.2) is 11.5 Å². The summed E-state index contributed by atoms with van der Waals surface area (Å²) in [7, 11) is 0. The van der Waals surface area contributed by atoms with Gasteiger partial charge in [0, 0.05) is 5.03 Å². The number of allylic oxidation sites excluding steroid dienone is 2. The Bertz CT molecular complexity index is 580. The molecule has 0 aromatic heterocycles. The molecule has 5 heteroatoms. The first-order chi connectivity index (χ1) is 9.74. The lowest BCUT2D eigenvalue weighted by atomic mass is 10.1. The van der Waals surface area contributed by atoms with E-state index in [4.69, 9.17) is 25.9 Å². The zero-order valence-corrected chi connectivity index (χ0v) is 12.1. The third kappa shape index (κ3) is 2.75. The summed E-state index contributed by atoms with van der Waals surface area (Å²) in [5.74, 6) is 1.53. The maximum absolute atomic E-state index is 6.15. The number of hydrogen-bond acceptors (Lipinski definition) is 4. The van der Waals surface area contributed by atoms with Gasteiger partial charge in [0.1, 0.15) is 6.61 Å². The topological polar surface area (TPSA) is 40.0 Å². The van der Waals surface area contributed by atoms with Crippen LogP contribution in [0.5, 0.6) is 11.5 Å². The van der Waals surface area contributed by atoms with Gasteiger partial charge < -0.3 is 14.3 Å². The molecule has 1 aliphatic carbocycles. The lowest BCUT2D eigenvalue weighted by Gasteiger charge is -2.05. The fraction of sp³-hybridized carbons (Fsp3) is 0.400. The molecule has 0 saturated carbocycles. The standard InChI is InChI=1S/C15H16ClNO3/c1-10(12-3-2-4-13(12)16)17-20-8-11-5-6-14-15(7-11)19-9-18-14/h5-7H,2-4,8-9H2,1H3/b17-10-. The number of hydrogen-bond donors (Lipinski definition) is 0. The predicted molar refractivity (Wildman–Crippen MR) is 77.2 cm³/mol. The van der Waals surface area contributed by atoms with Crippen LogP contribution in [-0.4, -0.2) is 12.5 Å². The van der Waals surface area contributed by atoms with Gasteiger partial charge in [-0.05, 0) is 49.5 Å². The molecule has 1 aromatic carbocycles. The van der Waals surface area contributed by atoms with E-state index in [1.54, 1.807) is 0 Å². The molecule has 0 bridgehead atoms. The monoisotopic (exact) mass is 293 g/mol. The molecule has 1 heterocycles. The van der Waals surface area contributed by atoms with E-state index in [2.05, 4.69) is 5.16 Å². The van der Waals surface area contributed by atoms with Crippen LogP contribution in [0.4, 0.5) is 0 Å². The highest BCUT2D eigenvalue weighted by Gasteiger charge is 2.16. The summed E-state index contributed by atoms with van der Waals surface area (Å²) in [4.78, 5) is 5.40. The Morgan fingerprint density at radius 1 is 1.30 bits per heavy atom. The number of halogens is 1. The van der Waals surface area contributed by atoms with Crippen LogP contribution in [0, 0.1) is 0 Å². The minimum Gasteiger partial charge on any atom is -0.454 e.